The van der Waals surface area contributed by atoms with Crippen molar-refractivity contribution < 1.29 is 17.9 Å². The van der Waals surface area contributed by atoms with E-state index in [0.717, 1.165) is 17.7 Å². The Morgan fingerprint density at radius 3 is 2.50 bits per heavy atom. The number of morpholine rings is 1. The van der Waals surface area contributed by atoms with Crippen LogP contribution in [0, 0.1) is 0 Å². The fourth-order valence-electron chi connectivity index (χ4n) is 3.12. The first-order valence-electron chi connectivity index (χ1n) is 9.58. The summed E-state index contributed by atoms with van der Waals surface area (Å²) in [4.78, 5) is 26.6. The third kappa shape index (κ3) is 5.63. The van der Waals surface area contributed by atoms with Gasteiger partial charge in [-0.3, -0.25) is 14.5 Å². The molecule has 2 rings (SSSR count). The van der Waals surface area contributed by atoms with Gasteiger partial charge in [-0.2, -0.15) is 4.31 Å². The topological polar surface area (TPSA) is 101 Å². The van der Waals surface area contributed by atoms with Gasteiger partial charge in [-0.15, -0.1) is 0 Å². The van der Waals surface area contributed by atoms with Crippen LogP contribution in [-0.4, -0.2) is 80.1 Å². The lowest BCUT2D eigenvalue weighted by Crippen LogP contribution is -2.47. The van der Waals surface area contributed by atoms with E-state index in [1.54, 1.807) is 13.8 Å². The number of nitrogens with zero attached hydrogens (tertiary/aromatic N) is 3. The van der Waals surface area contributed by atoms with Gasteiger partial charge in [0.1, 0.15) is 6.54 Å². The Balaban J connectivity index is 2.03. The second-order valence-corrected chi connectivity index (χ2v) is 8.66. The molecule has 1 saturated heterocycles. The van der Waals surface area contributed by atoms with Crippen molar-refractivity contribution in [2.45, 2.75) is 38.3 Å². The maximum atomic E-state index is 12.6. The summed E-state index contributed by atoms with van der Waals surface area (Å²) in [6, 6.07) is 2.62. The molecule has 28 heavy (non-hydrogen) atoms. The molecule has 0 aromatic carbocycles. The zero-order valence-electron chi connectivity index (χ0n) is 16.8. The maximum absolute atomic E-state index is 12.6. The molecule has 10 heteroatoms. The van der Waals surface area contributed by atoms with Crippen molar-refractivity contribution in [3.63, 3.8) is 0 Å². The molecule has 1 fully saturated rings. The molecule has 1 N–H and O–H groups in total. The van der Waals surface area contributed by atoms with Gasteiger partial charge in [-0.25, -0.2) is 8.42 Å². The predicted molar refractivity (Wildman–Crippen MR) is 106 cm³/mol. The van der Waals surface area contributed by atoms with Gasteiger partial charge < -0.3 is 14.6 Å². The van der Waals surface area contributed by atoms with E-state index in [-0.39, 0.29) is 23.4 Å². The first-order chi connectivity index (χ1) is 13.3. The Morgan fingerprint density at radius 1 is 1.25 bits per heavy atom. The standard InChI is InChI=1S/C18H30N4O5S/c1-4-22(5-2)28(25,26)16-6-7-18(24)21(13-16)14-17(23)19-12-15(3)20-8-10-27-11-9-20/h6-7,13,15H,4-5,8-12,14H2,1-3H3,(H,19,23). The quantitative estimate of drug-likeness (QED) is 0.596. The highest BCUT2D eigenvalue weighted by atomic mass is 32.2. The van der Waals surface area contributed by atoms with E-state index in [1.165, 1.54) is 22.6 Å². The molecule has 1 amide bonds. The number of aromatic nitrogens is 1. The summed E-state index contributed by atoms with van der Waals surface area (Å²) in [6.07, 6.45) is 1.24. The number of hydrogen-bond donors (Lipinski definition) is 1. The number of sulfonamides is 1. The van der Waals surface area contributed by atoms with E-state index in [9.17, 15) is 18.0 Å². The summed E-state index contributed by atoms with van der Waals surface area (Å²) in [5.41, 5.74) is -0.421. The Labute approximate surface area is 166 Å². The molecule has 158 valence electrons. The second kappa shape index (κ2) is 10.1. The fraction of sp³-hybridized carbons (Fsp3) is 0.667. The molecule has 0 saturated carbocycles. The van der Waals surface area contributed by atoms with Crippen LogP contribution < -0.4 is 10.9 Å². The summed E-state index contributed by atoms with van der Waals surface area (Å²) in [5.74, 6) is -0.334. The molecule has 1 unspecified atom stereocenters. The average Bonchev–Trinajstić information content (AvgIpc) is 2.69. The zero-order valence-corrected chi connectivity index (χ0v) is 17.6. The minimum Gasteiger partial charge on any atom is -0.379 e. The van der Waals surface area contributed by atoms with Crippen molar-refractivity contribution >= 4 is 15.9 Å². The van der Waals surface area contributed by atoms with Crippen molar-refractivity contribution in [2.75, 3.05) is 45.9 Å². The predicted octanol–water partition coefficient (Wildman–Crippen LogP) is -0.284. The number of pyridine rings is 1. The number of carbonyl (C=O) groups is 1. The normalized spacial score (nSPS) is 16.9. The van der Waals surface area contributed by atoms with Crippen molar-refractivity contribution in [1.29, 1.82) is 0 Å². The summed E-state index contributed by atoms with van der Waals surface area (Å²) >= 11 is 0. The molecule has 1 aliphatic heterocycles. The lowest BCUT2D eigenvalue weighted by atomic mass is 10.2. The van der Waals surface area contributed by atoms with Crippen molar-refractivity contribution in [2.24, 2.45) is 0 Å². The number of ether oxygens (including phenoxy) is 1. The number of hydrogen-bond acceptors (Lipinski definition) is 6. The third-order valence-corrected chi connectivity index (χ3v) is 6.91. The summed E-state index contributed by atoms with van der Waals surface area (Å²) in [6.45, 7) is 9.42. The maximum Gasteiger partial charge on any atom is 0.251 e. The van der Waals surface area contributed by atoms with E-state index in [4.69, 9.17) is 4.74 Å². The van der Waals surface area contributed by atoms with E-state index >= 15 is 0 Å². The molecule has 1 aromatic rings. The Bertz CT molecular complexity index is 814. The molecular weight excluding hydrogens is 384 g/mol. The van der Waals surface area contributed by atoms with Gasteiger partial charge in [0.2, 0.25) is 15.9 Å². The molecule has 1 aliphatic rings. The molecule has 0 radical (unpaired) electrons. The van der Waals surface area contributed by atoms with Crippen LogP contribution in [0.3, 0.4) is 0 Å². The van der Waals surface area contributed by atoms with Crippen LogP contribution in [0.2, 0.25) is 0 Å². The van der Waals surface area contributed by atoms with Gasteiger partial charge in [-0.1, -0.05) is 13.8 Å². The molecule has 1 atom stereocenters. The van der Waals surface area contributed by atoms with Crippen LogP contribution in [0.5, 0.6) is 0 Å². The first-order valence-corrected chi connectivity index (χ1v) is 11.0. The molecule has 0 aliphatic carbocycles. The van der Waals surface area contributed by atoms with Crippen LogP contribution in [0.25, 0.3) is 0 Å². The average molecular weight is 415 g/mol. The Hall–Kier alpha value is -1.75. The highest BCUT2D eigenvalue weighted by Crippen LogP contribution is 2.13. The molecule has 2 heterocycles. The highest BCUT2D eigenvalue weighted by Gasteiger charge is 2.23. The fourth-order valence-corrected chi connectivity index (χ4v) is 4.60. The van der Waals surface area contributed by atoms with Gasteiger partial charge in [0, 0.05) is 51.0 Å². The largest absolute Gasteiger partial charge is 0.379 e. The van der Waals surface area contributed by atoms with E-state index in [2.05, 4.69) is 10.2 Å². The van der Waals surface area contributed by atoms with Crippen molar-refractivity contribution in [1.82, 2.24) is 19.1 Å². The highest BCUT2D eigenvalue weighted by molar-refractivity contribution is 7.89. The van der Waals surface area contributed by atoms with E-state index < -0.39 is 15.6 Å². The lowest BCUT2D eigenvalue weighted by Gasteiger charge is -2.32. The van der Waals surface area contributed by atoms with Gasteiger partial charge in [0.25, 0.3) is 5.56 Å². The minimum atomic E-state index is -3.69. The second-order valence-electron chi connectivity index (χ2n) is 6.72. The summed E-state index contributed by atoms with van der Waals surface area (Å²) in [7, 11) is -3.69. The number of amides is 1. The first kappa shape index (κ1) is 22.5. The smallest absolute Gasteiger partial charge is 0.251 e. The minimum absolute atomic E-state index is 0.00489. The molecule has 0 bridgehead atoms. The number of nitrogens with one attached hydrogen (secondary N) is 1. The van der Waals surface area contributed by atoms with E-state index in [0.29, 0.717) is 32.8 Å². The van der Waals surface area contributed by atoms with Gasteiger partial charge >= 0.3 is 0 Å². The number of carbonyl (C=O) groups excluding carboxylic acids is 1. The third-order valence-electron chi connectivity index (χ3n) is 4.88. The van der Waals surface area contributed by atoms with Crippen LogP contribution in [-0.2, 0) is 26.1 Å². The van der Waals surface area contributed by atoms with Crippen molar-refractivity contribution in [3.05, 3.63) is 28.7 Å². The Morgan fingerprint density at radius 2 is 1.89 bits per heavy atom. The summed E-state index contributed by atoms with van der Waals surface area (Å²) < 4.78 is 33.0. The SMILES string of the molecule is CCN(CC)S(=O)(=O)c1ccc(=O)n(CC(=O)NCC(C)N2CCOCC2)c1. The Kier molecular flexibility index (Phi) is 8.17. The van der Waals surface area contributed by atoms with Crippen LogP contribution >= 0.6 is 0 Å². The molecule has 1 aromatic heterocycles. The van der Waals surface area contributed by atoms with Gasteiger partial charge in [0.15, 0.2) is 0 Å². The van der Waals surface area contributed by atoms with Crippen LogP contribution in [0.1, 0.15) is 20.8 Å². The molecular formula is C18H30N4O5S. The van der Waals surface area contributed by atoms with Crippen LogP contribution in [0.15, 0.2) is 28.0 Å². The molecule has 9 nitrogen and oxygen atoms in total. The van der Waals surface area contributed by atoms with Crippen molar-refractivity contribution in [3.8, 4) is 0 Å². The monoisotopic (exact) mass is 414 g/mol. The van der Waals surface area contributed by atoms with Crippen LogP contribution in [0.4, 0.5) is 0 Å². The van der Waals surface area contributed by atoms with E-state index in [1.807, 2.05) is 6.92 Å². The zero-order chi connectivity index (χ0) is 20.7. The lowest BCUT2D eigenvalue weighted by molar-refractivity contribution is -0.122. The van der Waals surface area contributed by atoms with Gasteiger partial charge in [-0.05, 0) is 13.0 Å². The van der Waals surface area contributed by atoms with Gasteiger partial charge in [0.05, 0.1) is 18.1 Å². The summed E-state index contributed by atoms with van der Waals surface area (Å²) in [5, 5.41) is 2.82. The number of rotatable bonds is 9. The molecule has 0 spiro atoms.